The van der Waals surface area contributed by atoms with E-state index in [1.165, 1.54) is 11.1 Å². The summed E-state index contributed by atoms with van der Waals surface area (Å²) in [5.41, 5.74) is 2.39. The molecule has 0 spiro atoms. The molecule has 0 aromatic heterocycles. The predicted molar refractivity (Wildman–Crippen MR) is 88.4 cm³/mol. The molecule has 0 radical (unpaired) electrons. The molecule has 0 aliphatic carbocycles. The van der Waals surface area contributed by atoms with E-state index in [-0.39, 0.29) is 5.91 Å². The quantitative estimate of drug-likeness (QED) is 0.669. The van der Waals surface area contributed by atoms with Gasteiger partial charge in [-0.25, -0.2) is 0 Å². The number of rotatable bonds is 10. The number of amides is 1. The molecule has 1 amide bonds. The van der Waals surface area contributed by atoms with Gasteiger partial charge in [-0.15, -0.1) is 0 Å². The van der Waals surface area contributed by atoms with Crippen LogP contribution in [0.15, 0.2) is 18.2 Å². The third-order valence-electron chi connectivity index (χ3n) is 3.20. The fraction of sp³-hybridized carbons (Fsp3) is 0.588. The van der Waals surface area contributed by atoms with Crippen LogP contribution in [-0.2, 0) is 9.53 Å². The molecule has 1 aromatic carbocycles. The second-order valence-corrected chi connectivity index (χ2v) is 5.61. The van der Waals surface area contributed by atoms with Crippen LogP contribution in [0.2, 0.25) is 0 Å². The smallest absolute Gasteiger partial charge is 0.234 e. The zero-order valence-electron chi connectivity index (χ0n) is 14.1. The van der Waals surface area contributed by atoms with Crippen molar-refractivity contribution in [2.45, 2.75) is 20.3 Å². The summed E-state index contributed by atoms with van der Waals surface area (Å²) in [6, 6.07) is 6.16. The number of nitrogens with zero attached hydrogens (tertiary/aromatic N) is 1. The summed E-state index contributed by atoms with van der Waals surface area (Å²) in [6.07, 6.45) is 0.835. The van der Waals surface area contributed by atoms with Crippen molar-refractivity contribution in [1.29, 1.82) is 0 Å². The Kier molecular flexibility index (Phi) is 8.55. The molecule has 1 rings (SSSR count). The summed E-state index contributed by atoms with van der Waals surface area (Å²) in [6.45, 7) is 7.08. The number of carbonyl (C=O) groups excluding carboxylic acids is 1. The molecule has 0 fully saturated rings. The lowest BCUT2D eigenvalue weighted by Gasteiger charge is -2.17. The molecule has 1 aromatic rings. The number of likely N-dealkylation sites (N-methyl/N-ethyl adjacent to an activating group) is 1. The first kappa shape index (κ1) is 18.5. The molecule has 1 N–H and O–H groups in total. The Bertz CT molecular complexity index is 443. The van der Waals surface area contributed by atoms with Gasteiger partial charge in [0.25, 0.3) is 0 Å². The van der Waals surface area contributed by atoms with Crippen molar-refractivity contribution in [2.75, 3.05) is 47.0 Å². The molecule has 0 unspecified atom stereocenters. The van der Waals surface area contributed by atoms with E-state index in [0.29, 0.717) is 32.8 Å². The first-order chi connectivity index (χ1) is 10.5. The van der Waals surface area contributed by atoms with Crippen LogP contribution in [-0.4, -0.2) is 57.8 Å². The van der Waals surface area contributed by atoms with Crippen molar-refractivity contribution in [3.63, 3.8) is 0 Å². The molecule has 5 nitrogen and oxygen atoms in total. The zero-order valence-corrected chi connectivity index (χ0v) is 14.1. The van der Waals surface area contributed by atoms with Gasteiger partial charge in [-0.05, 0) is 50.6 Å². The number of carbonyl (C=O) groups is 1. The Balaban J connectivity index is 2.19. The van der Waals surface area contributed by atoms with Gasteiger partial charge in [-0.3, -0.25) is 9.69 Å². The molecule has 0 heterocycles. The van der Waals surface area contributed by atoms with E-state index in [4.69, 9.17) is 9.47 Å². The van der Waals surface area contributed by atoms with Gasteiger partial charge in [0.1, 0.15) is 12.4 Å². The van der Waals surface area contributed by atoms with Crippen LogP contribution in [0.1, 0.15) is 17.5 Å². The van der Waals surface area contributed by atoms with Gasteiger partial charge < -0.3 is 14.8 Å². The number of nitrogens with one attached hydrogen (secondary N) is 1. The minimum Gasteiger partial charge on any atom is -0.492 e. The first-order valence-corrected chi connectivity index (χ1v) is 7.66. The molecular formula is C17H28N2O3. The van der Waals surface area contributed by atoms with Gasteiger partial charge in [-0.2, -0.15) is 0 Å². The van der Waals surface area contributed by atoms with Gasteiger partial charge in [0.2, 0.25) is 5.91 Å². The van der Waals surface area contributed by atoms with E-state index in [0.717, 1.165) is 12.2 Å². The monoisotopic (exact) mass is 308 g/mol. The number of hydrogen-bond acceptors (Lipinski definition) is 4. The molecular weight excluding hydrogens is 280 g/mol. The van der Waals surface area contributed by atoms with Crippen LogP contribution in [0.4, 0.5) is 0 Å². The van der Waals surface area contributed by atoms with Gasteiger partial charge in [0.15, 0.2) is 0 Å². The second-order valence-electron chi connectivity index (χ2n) is 5.61. The Morgan fingerprint density at radius 3 is 2.50 bits per heavy atom. The number of ether oxygens (including phenoxy) is 2. The average molecular weight is 308 g/mol. The maximum atomic E-state index is 11.7. The topological polar surface area (TPSA) is 50.8 Å². The number of benzene rings is 1. The van der Waals surface area contributed by atoms with E-state index >= 15 is 0 Å². The van der Waals surface area contributed by atoms with Gasteiger partial charge in [0.05, 0.1) is 6.54 Å². The molecule has 0 atom stereocenters. The predicted octanol–water partition coefficient (Wildman–Crippen LogP) is 1.77. The second kappa shape index (κ2) is 10.2. The highest BCUT2D eigenvalue weighted by Crippen LogP contribution is 2.15. The summed E-state index contributed by atoms with van der Waals surface area (Å²) >= 11 is 0. The standard InChI is InChI=1S/C17H28N2O3/c1-14-10-15(2)12-16(11-14)22-9-7-19(3)13-17(20)18-6-5-8-21-4/h10-12H,5-9,13H2,1-4H3,(H,18,20). The lowest BCUT2D eigenvalue weighted by Crippen LogP contribution is -2.37. The fourth-order valence-corrected chi connectivity index (χ4v) is 2.16. The molecule has 0 saturated heterocycles. The van der Waals surface area contributed by atoms with E-state index in [2.05, 4.69) is 25.2 Å². The highest BCUT2D eigenvalue weighted by Gasteiger charge is 2.06. The fourth-order valence-electron chi connectivity index (χ4n) is 2.16. The van der Waals surface area contributed by atoms with Gasteiger partial charge in [0, 0.05) is 26.8 Å². The van der Waals surface area contributed by atoms with Crippen molar-refractivity contribution in [3.8, 4) is 5.75 Å². The molecule has 0 aliphatic heterocycles. The largest absolute Gasteiger partial charge is 0.492 e. The number of methoxy groups -OCH3 is 1. The Morgan fingerprint density at radius 2 is 1.86 bits per heavy atom. The Morgan fingerprint density at radius 1 is 1.18 bits per heavy atom. The van der Waals surface area contributed by atoms with Gasteiger partial charge in [-0.1, -0.05) is 6.07 Å². The number of hydrogen-bond donors (Lipinski definition) is 1. The highest BCUT2D eigenvalue weighted by atomic mass is 16.5. The van der Waals surface area contributed by atoms with Crippen molar-refractivity contribution in [3.05, 3.63) is 29.3 Å². The van der Waals surface area contributed by atoms with Crippen LogP contribution in [0.25, 0.3) is 0 Å². The van der Waals surface area contributed by atoms with Crippen molar-refractivity contribution >= 4 is 5.91 Å². The van der Waals surface area contributed by atoms with Crippen molar-refractivity contribution < 1.29 is 14.3 Å². The molecule has 124 valence electrons. The van der Waals surface area contributed by atoms with Crippen LogP contribution < -0.4 is 10.1 Å². The average Bonchev–Trinajstić information content (AvgIpc) is 2.42. The van der Waals surface area contributed by atoms with Crippen molar-refractivity contribution in [2.24, 2.45) is 0 Å². The van der Waals surface area contributed by atoms with Crippen LogP contribution in [0.3, 0.4) is 0 Å². The minimum absolute atomic E-state index is 0.0324. The normalized spacial score (nSPS) is 10.8. The Labute approximate surface area is 133 Å². The summed E-state index contributed by atoms with van der Waals surface area (Å²) in [5.74, 6) is 0.917. The maximum Gasteiger partial charge on any atom is 0.234 e. The third kappa shape index (κ3) is 8.00. The highest BCUT2D eigenvalue weighted by molar-refractivity contribution is 5.77. The maximum absolute atomic E-state index is 11.7. The SMILES string of the molecule is COCCCNC(=O)CN(C)CCOc1cc(C)cc(C)c1. The summed E-state index contributed by atoms with van der Waals surface area (Å²) in [7, 11) is 3.57. The van der Waals surface area contributed by atoms with Crippen LogP contribution >= 0.6 is 0 Å². The van der Waals surface area contributed by atoms with Crippen molar-refractivity contribution in [1.82, 2.24) is 10.2 Å². The van der Waals surface area contributed by atoms with E-state index < -0.39 is 0 Å². The van der Waals surface area contributed by atoms with E-state index in [1.807, 2.05) is 24.1 Å². The van der Waals surface area contributed by atoms with Crippen LogP contribution in [0.5, 0.6) is 5.75 Å². The molecule has 0 aliphatic rings. The molecule has 0 saturated carbocycles. The lowest BCUT2D eigenvalue weighted by molar-refractivity contribution is -0.122. The summed E-state index contributed by atoms with van der Waals surface area (Å²) in [5, 5.41) is 2.87. The summed E-state index contributed by atoms with van der Waals surface area (Å²) in [4.78, 5) is 13.7. The molecule has 22 heavy (non-hydrogen) atoms. The van der Waals surface area contributed by atoms with Crippen LogP contribution in [0, 0.1) is 13.8 Å². The van der Waals surface area contributed by atoms with E-state index in [9.17, 15) is 4.79 Å². The lowest BCUT2D eigenvalue weighted by atomic mass is 10.1. The summed E-state index contributed by atoms with van der Waals surface area (Å²) < 4.78 is 10.7. The Hall–Kier alpha value is -1.59. The zero-order chi connectivity index (χ0) is 16.4. The number of aryl methyl sites for hydroxylation is 2. The van der Waals surface area contributed by atoms with E-state index in [1.54, 1.807) is 7.11 Å². The minimum atomic E-state index is 0.0324. The first-order valence-electron chi connectivity index (χ1n) is 7.66. The third-order valence-corrected chi connectivity index (χ3v) is 3.20. The van der Waals surface area contributed by atoms with Gasteiger partial charge >= 0.3 is 0 Å². The molecule has 0 bridgehead atoms. The molecule has 5 heteroatoms.